The van der Waals surface area contributed by atoms with Crippen LogP contribution < -0.4 is 0 Å². The second-order valence-electron chi connectivity index (χ2n) is 4.71. The highest BCUT2D eigenvalue weighted by Crippen LogP contribution is 2.16. The molecule has 0 bridgehead atoms. The summed E-state index contributed by atoms with van der Waals surface area (Å²) in [7, 11) is 0. The molecule has 0 fully saturated rings. The third-order valence-corrected chi connectivity index (χ3v) is 2.96. The quantitative estimate of drug-likeness (QED) is 0.660. The van der Waals surface area contributed by atoms with Crippen molar-refractivity contribution in [1.82, 2.24) is 4.90 Å². The summed E-state index contributed by atoms with van der Waals surface area (Å²) in [4.78, 5) is 13.0. The number of carbonyl (C=O) groups is 1. The van der Waals surface area contributed by atoms with E-state index in [0.717, 1.165) is 0 Å². The Bertz CT molecular complexity index is 186. The maximum absolute atomic E-state index is 10.6. The smallest absolute Gasteiger partial charge is 0.304 e. The van der Waals surface area contributed by atoms with Gasteiger partial charge in [-0.3, -0.25) is 9.69 Å². The predicted molar refractivity (Wildman–Crippen MR) is 67.7 cm³/mol. The first-order chi connectivity index (χ1) is 7.52. The molecule has 3 heteroatoms. The molecule has 1 N–H and O–H groups in total. The Morgan fingerprint density at radius 3 is 2.00 bits per heavy atom. The fourth-order valence-corrected chi connectivity index (χ4v) is 2.23. The summed E-state index contributed by atoms with van der Waals surface area (Å²) in [6.45, 7) is 9.37. The first-order valence-corrected chi connectivity index (χ1v) is 6.50. The van der Waals surface area contributed by atoms with E-state index in [4.69, 9.17) is 5.11 Å². The Morgan fingerprint density at radius 2 is 1.69 bits per heavy atom. The summed E-state index contributed by atoms with van der Waals surface area (Å²) in [6.07, 6.45) is 4.93. The second-order valence-corrected chi connectivity index (χ2v) is 4.71. The van der Waals surface area contributed by atoms with Gasteiger partial charge < -0.3 is 5.11 Å². The molecule has 0 saturated carbocycles. The topological polar surface area (TPSA) is 40.5 Å². The van der Waals surface area contributed by atoms with Gasteiger partial charge in [0.05, 0.1) is 6.42 Å². The van der Waals surface area contributed by atoms with E-state index in [1.54, 1.807) is 0 Å². The van der Waals surface area contributed by atoms with Crippen molar-refractivity contribution in [2.24, 2.45) is 0 Å². The van der Waals surface area contributed by atoms with E-state index in [9.17, 15) is 4.79 Å². The molecule has 3 nitrogen and oxygen atoms in total. The van der Waals surface area contributed by atoms with Gasteiger partial charge in [0, 0.05) is 18.6 Å². The first-order valence-electron chi connectivity index (χ1n) is 6.50. The summed E-state index contributed by atoms with van der Waals surface area (Å²) in [5.41, 5.74) is 0. The van der Waals surface area contributed by atoms with Crippen molar-refractivity contribution in [3.05, 3.63) is 0 Å². The van der Waals surface area contributed by atoms with Crippen molar-refractivity contribution < 1.29 is 9.90 Å². The Hall–Kier alpha value is -0.570. The van der Waals surface area contributed by atoms with Crippen LogP contribution in [-0.2, 0) is 4.79 Å². The van der Waals surface area contributed by atoms with Crippen molar-refractivity contribution >= 4 is 5.97 Å². The van der Waals surface area contributed by atoms with Gasteiger partial charge in [0.2, 0.25) is 0 Å². The van der Waals surface area contributed by atoms with Gasteiger partial charge in [-0.25, -0.2) is 0 Å². The zero-order valence-electron chi connectivity index (χ0n) is 11.2. The maximum Gasteiger partial charge on any atom is 0.304 e. The van der Waals surface area contributed by atoms with Crippen molar-refractivity contribution in [3.63, 3.8) is 0 Å². The molecule has 0 aromatic carbocycles. The van der Waals surface area contributed by atoms with E-state index in [0.29, 0.717) is 18.6 Å². The Labute approximate surface area is 99.8 Å². The summed E-state index contributed by atoms with van der Waals surface area (Å²) in [6, 6.07) is 0.983. The maximum atomic E-state index is 10.6. The highest BCUT2D eigenvalue weighted by atomic mass is 16.4. The SMILES string of the molecule is CCCC(CCC)N(CCC(=O)O)C(C)C. The van der Waals surface area contributed by atoms with E-state index in [1.165, 1.54) is 25.7 Å². The average molecular weight is 229 g/mol. The zero-order chi connectivity index (χ0) is 12.6. The third-order valence-electron chi connectivity index (χ3n) is 2.96. The van der Waals surface area contributed by atoms with Crippen LogP contribution in [0.3, 0.4) is 0 Å². The molecule has 96 valence electrons. The van der Waals surface area contributed by atoms with Gasteiger partial charge >= 0.3 is 5.97 Å². The number of hydrogen-bond acceptors (Lipinski definition) is 2. The van der Waals surface area contributed by atoms with Crippen molar-refractivity contribution in [2.75, 3.05) is 6.54 Å². The van der Waals surface area contributed by atoms with E-state index in [2.05, 4.69) is 32.6 Å². The lowest BCUT2D eigenvalue weighted by Gasteiger charge is -2.34. The van der Waals surface area contributed by atoms with Crippen LogP contribution in [0.4, 0.5) is 0 Å². The largest absolute Gasteiger partial charge is 0.481 e. The predicted octanol–water partition coefficient (Wildman–Crippen LogP) is 3.14. The van der Waals surface area contributed by atoms with Gasteiger partial charge in [-0.05, 0) is 26.7 Å². The molecule has 0 atom stereocenters. The second kappa shape index (κ2) is 8.57. The van der Waals surface area contributed by atoms with Crippen LogP contribution in [0.1, 0.15) is 59.8 Å². The third kappa shape index (κ3) is 6.11. The van der Waals surface area contributed by atoms with E-state index in [-0.39, 0.29) is 6.42 Å². The number of hydrogen-bond donors (Lipinski definition) is 1. The van der Waals surface area contributed by atoms with Gasteiger partial charge in [0.1, 0.15) is 0 Å². The molecule has 0 aliphatic rings. The number of carboxylic acids is 1. The number of nitrogens with zero attached hydrogens (tertiary/aromatic N) is 1. The molecule has 0 unspecified atom stereocenters. The Morgan fingerprint density at radius 1 is 1.19 bits per heavy atom. The summed E-state index contributed by atoms with van der Waals surface area (Å²) in [5, 5.41) is 8.76. The molecule has 0 aliphatic heterocycles. The molecule has 0 spiro atoms. The van der Waals surface area contributed by atoms with Crippen LogP contribution >= 0.6 is 0 Å². The van der Waals surface area contributed by atoms with Gasteiger partial charge in [0.15, 0.2) is 0 Å². The highest BCUT2D eigenvalue weighted by Gasteiger charge is 2.20. The molecular weight excluding hydrogens is 202 g/mol. The Kier molecular flexibility index (Phi) is 8.26. The average Bonchev–Trinajstić information content (AvgIpc) is 2.17. The van der Waals surface area contributed by atoms with E-state index >= 15 is 0 Å². The molecule has 0 amide bonds. The molecule has 0 radical (unpaired) electrons. The summed E-state index contributed by atoms with van der Waals surface area (Å²) < 4.78 is 0. The zero-order valence-corrected chi connectivity index (χ0v) is 11.2. The van der Waals surface area contributed by atoms with E-state index < -0.39 is 5.97 Å². The van der Waals surface area contributed by atoms with E-state index in [1.807, 2.05) is 0 Å². The first kappa shape index (κ1) is 15.4. The van der Waals surface area contributed by atoms with Gasteiger partial charge in [-0.1, -0.05) is 26.7 Å². The van der Waals surface area contributed by atoms with Gasteiger partial charge in [0.25, 0.3) is 0 Å². The number of carboxylic acid groups (broad SMARTS) is 1. The minimum Gasteiger partial charge on any atom is -0.481 e. The van der Waals surface area contributed by atoms with Crippen LogP contribution in [0.15, 0.2) is 0 Å². The van der Waals surface area contributed by atoms with Crippen LogP contribution in [0.5, 0.6) is 0 Å². The highest BCUT2D eigenvalue weighted by molar-refractivity contribution is 5.66. The van der Waals surface area contributed by atoms with Crippen molar-refractivity contribution in [2.45, 2.75) is 71.9 Å². The minimum absolute atomic E-state index is 0.252. The normalized spacial score (nSPS) is 11.7. The molecule has 0 aromatic rings. The fourth-order valence-electron chi connectivity index (χ4n) is 2.23. The molecular formula is C13H27NO2. The Balaban J connectivity index is 4.37. The molecule has 0 saturated heterocycles. The lowest BCUT2D eigenvalue weighted by atomic mass is 10.0. The lowest BCUT2D eigenvalue weighted by molar-refractivity contribution is -0.137. The van der Waals surface area contributed by atoms with Crippen LogP contribution in [-0.4, -0.2) is 34.6 Å². The number of rotatable bonds is 9. The fraction of sp³-hybridized carbons (Fsp3) is 0.923. The molecule has 0 aliphatic carbocycles. The minimum atomic E-state index is -0.697. The monoisotopic (exact) mass is 229 g/mol. The van der Waals surface area contributed by atoms with Crippen molar-refractivity contribution in [1.29, 1.82) is 0 Å². The van der Waals surface area contributed by atoms with Crippen LogP contribution in [0.25, 0.3) is 0 Å². The number of aliphatic carboxylic acids is 1. The van der Waals surface area contributed by atoms with Crippen LogP contribution in [0, 0.1) is 0 Å². The van der Waals surface area contributed by atoms with Crippen LogP contribution in [0.2, 0.25) is 0 Å². The standard InChI is InChI=1S/C13H27NO2/c1-5-7-12(8-6-2)14(11(3)4)10-9-13(15)16/h11-12H,5-10H2,1-4H3,(H,15,16). The molecule has 0 aromatic heterocycles. The molecule has 16 heavy (non-hydrogen) atoms. The van der Waals surface area contributed by atoms with Gasteiger partial charge in [-0.15, -0.1) is 0 Å². The van der Waals surface area contributed by atoms with Gasteiger partial charge in [-0.2, -0.15) is 0 Å². The summed E-state index contributed by atoms with van der Waals surface area (Å²) in [5.74, 6) is -0.697. The lowest BCUT2D eigenvalue weighted by Crippen LogP contribution is -2.41. The van der Waals surface area contributed by atoms with Crippen molar-refractivity contribution in [3.8, 4) is 0 Å². The molecule has 0 rings (SSSR count). The molecule has 0 heterocycles. The summed E-state index contributed by atoms with van der Waals surface area (Å²) >= 11 is 0.